The average molecular weight is 269 g/mol. The summed E-state index contributed by atoms with van der Waals surface area (Å²) in [5.41, 5.74) is 9.28. The fourth-order valence-electron chi connectivity index (χ4n) is 1.97. The fraction of sp³-hybridized carbons (Fsp3) is 0.188. The second kappa shape index (κ2) is 6.73. The lowest BCUT2D eigenvalue weighted by Crippen LogP contribution is -2.22. The molecular formula is C16H19N3O. The number of carbonyl (C=O) groups is 1. The molecule has 0 aromatic heterocycles. The van der Waals surface area contributed by atoms with Gasteiger partial charge in [0.15, 0.2) is 0 Å². The van der Waals surface area contributed by atoms with Crippen LogP contribution in [0, 0.1) is 0 Å². The SMILES string of the molecule is CNc1cccc(C(=O)NCc2cccc(CN)c2)c1. The van der Waals surface area contributed by atoms with E-state index in [4.69, 9.17) is 5.73 Å². The summed E-state index contributed by atoms with van der Waals surface area (Å²) in [7, 11) is 1.83. The normalized spacial score (nSPS) is 10.1. The first kappa shape index (κ1) is 14.1. The van der Waals surface area contributed by atoms with Crippen molar-refractivity contribution in [2.75, 3.05) is 12.4 Å². The van der Waals surface area contributed by atoms with E-state index >= 15 is 0 Å². The van der Waals surface area contributed by atoms with Gasteiger partial charge in [0.2, 0.25) is 0 Å². The van der Waals surface area contributed by atoms with E-state index in [0.717, 1.165) is 16.8 Å². The Morgan fingerprint density at radius 3 is 2.60 bits per heavy atom. The van der Waals surface area contributed by atoms with Crippen LogP contribution < -0.4 is 16.4 Å². The highest BCUT2D eigenvalue weighted by atomic mass is 16.1. The van der Waals surface area contributed by atoms with E-state index in [1.165, 1.54) is 0 Å². The molecule has 0 saturated carbocycles. The van der Waals surface area contributed by atoms with Crippen molar-refractivity contribution in [3.05, 3.63) is 65.2 Å². The summed E-state index contributed by atoms with van der Waals surface area (Å²) in [6, 6.07) is 15.3. The minimum Gasteiger partial charge on any atom is -0.388 e. The van der Waals surface area contributed by atoms with E-state index in [0.29, 0.717) is 18.7 Å². The van der Waals surface area contributed by atoms with Crippen molar-refractivity contribution in [2.24, 2.45) is 5.73 Å². The summed E-state index contributed by atoms with van der Waals surface area (Å²) < 4.78 is 0. The Bertz CT molecular complexity index is 596. The van der Waals surface area contributed by atoms with Crippen LogP contribution in [0.25, 0.3) is 0 Å². The summed E-state index contributed by atoms with van der Waals surface area (Å²) >= 11 is 0. The molecule has 0 bridgehead atoms. The number of carbonyl (C=O) groups excluding carboxylic acids is 1. The third-order valence-corrected chi connectivity index (χ3v) is 3.09. The molecule has 0 heterocycles. The minimum absolute atomic E-state index is 0.0831. The highest BCUT2D eigenvalue weighted by Crippen LogP contribution is 2.10. The average Bonchev–Trinajstić information content (AvgIpc) is 2.52. The molecule has 0 saturated heterocycles. The fourth-order valence-corrected chi connectivity index (χ4v) is 1.97. The second-order valence-corrected chi connectivity index (χ2v) is 4.54. The first-order valence-corrected chi connectivity index (χ1v) is 6.57. The van der Waals surface area contributed by atoms with E-state index in [1.807, 2.05) is 49.5 Å². The van der Waals surface area contributed by atoms with Crippen molar-refractivity contribution in [2.45, 2.75) is 13.1 Å². The first-order valence-electron chi connectivity index (χ1n) is 6.57. The highest BCUT2D eigenvalue weighted by molar-refractivity contribution is 5.95. The van der Waals surface area contributed by atoms with Crippen molar-refractivity contribution in [1.29, 1.82) is 0 Å². The molecule has 0 aliphatic carbocycles. The Labute approximate surface area is 119 Å². The number of anilines is 1. The number of hydrogen-bond donors (Lipinski definition) is 3. The molecule has 0 aliphatic rings. The summed E-state index contributed by atoms with van der Waals surface area (Å²) in [6.07, 6.45) is 0. The predicted octanol–water partition coefficient (Wildman–Crippen LogP) is 2.12. The maximum Gasteiger partial charge on any atom is 0.251 e. The molecule has 0 unspecified atom stereocenters. The molecule has 0 atom stereocenters. The molecule has 2 rings (SSSR count). The summed E-state index contributed by atoms with van der Waals surface area (Å²) in [5, 5.41) is 5.93. The Kier molecular flexibility index (Phi) is 4.74. The van der Waals surface area contributed by atoms with Gasteiger partial charge >= 0.3 is 0 Å². The van der Waals surface area contributed by atoms with Crippen molar-refractivity contribution >= 4 is 11.6 Å². The van der Waals surface area contributed by atoms with Crippen LogP contribution >= 0.6 is 0 Å². The topological polar surface area (TPSA) is 67.2 Å². The maximum absolute atomic E-state index is 12.1. The Morgan fingerprint density at radius 2 is 1.85 bits per heavy atom. The molecule has 0 fully saturated rings. The Hall–Kier alpha value is -2.33. The molecule has 4 N–H and O–H groups in total. The van der Waals surface area contributed by atoms with Gasteiger partial charge < -0.3 is 16.4 Å². The Balaban J connectivity index is 2.00. The van der Waals surface area contributed by atoms with E-state index < -0.39 is 0 Å². The predicted molar refractivity (Wildman–Crippen MR) is 81.5 cm³/mol. The van der Waals surface area contributed by atoms with E-state index in [-0.39, 0.29) is 5.91 Å². The first-order chi connectivity index (χ1) is 9.72. The van der Waals surface area contributed by atoms with Gasteiger partial charge in [-0.1, -0.05) is 30.3 Å². The lowest BCUT2D eigenvalue weighted by molar-refractivity contribution is 0.0951. The van der Waals surface area contributed by atoms with Crippen LogP contribution in [0.2, 0.25) is 0 Å². The minimum atomic E-state index is -0.0831. The third kappa shape index (κ3) is 3.59. The monoisotopic (exact) mass is 269 g/mol. The van der Waals surface area contributed by atoms with Gasteiger partial charge in [-0.15, -0.1) is 0 Å². The largest absolute Gasteiger partial charge is 0.388 e. The van der Waals surface area contributed by atoms with Crippen molar-refractivity contribution in [3.63, 3.8) is 0 Å². The molecule has 104 valence electrons. The smallest absolute Gasteiger partial charge is 0.251 e. The van der Waals surface area contributed by atoms with E-state index in [1.54, 1.807) is 6.07 Å². The van der Waals surface area contributed by atoms with Gasteiger partial charge in [-0.2, -0.15) is 0 Å². The summed E-state index contributed by atoms with van der Waals surface area (Å²) in [5.74, 6) is -0.0831. The third-order valence-electron chi connectivity index (χ3n) is 3.09. The van der Waals surface area contributed by atoms with Crippen LogP contribution in [0.5, 0.6) is 0 Å². The molecule has 0 radical (unpaired) electrons. The maximum atomic E-state index is 12.1. The molecule has 20 heavy (non-hydrogen) atoms. The lowest BCUT2D eigenvalue weighted by Gasteiger charge is -2.08. The van der Waals surface area contributed by atoms with Gasteiger partial charge in [0.1, 0.15) is 0 Å². The van der Waals surface area contributed by atoms with Gasteiger partial charge in [-0.3, -0.25) is 4.79 Å². The van der Waals surface area contributed by atoms with Crippen molar-refractivity contribution in [1.82, 2.24) is 5.32 Å². The lowest BCUT2D eigenvalue weighted by atomic mass is 10.1. The van der Waals surface area contributed by atoms with Gasteiger partial charge in [-0.05, 0) is 29.3 Å². The quantitative estimate of drug-likeness (QED) is 0.779. The molecule has 2 aromatic carbocycles. The zero-order valence-electron chi connectivity index (χ0n) is 11.5. The van der Waals surface area contributed by atoms with Crippen LogP contribution in [0.4, 0.5) is 5.69 Å². The molecule has 1 amide bonds. The van der Waals surface area contributed by atoms with Gasteiger partial charge in [0.25, 0.3) is 5.91 Å². The van der Waals surface area contributed by atoms with Crippen LogP contribution in [-0.2, 0) is 13.1 Å². The number of nitrogens with one attached hydrogen (secondary N) is 2. The molecule has 4 nitrogen and oxygen atoms in total. The van der Waals surface area contributed by atoms with Crippen molar-refractivity contribution in [3.8, 4) is 0 Å². The molecule has 4 heteroatoms. The summed E-state index contributed by atoms with van der Waals surface area (Å²) in [4.78, 5) is 12.1. The van der Waals surface area contributed by atoms with Crippen LogP contribution in [0.3, 0.4) is 0 Å². The zero-order chi connectivity index (χ0) is 14.4. The molecule has 0 spiro atoms. The number of hydrogen-bond acceptors (Lipinski definition) is 3. The van der Waals surface area contributed by atoms with E-state index in [9.17, 15) is 4.79 Å². The standard InChI is InChI=1S/C16H19N3O/c1-18-15-7-3-6-14(9-15)16(20)19-11-13-5-2-4-12(8-13)10-17/h2-9,18H,10-11,17H2,1H3,(H,19,20). The van der Waals surface area contributed by atoms with E-state index in [2.05, 4.69) is 10.6 Å². The van der Waals surface area contributed by atoms with Crippen LogP contribution in [0.15, 0.2) is 48.5 Å². The molecule has 0 aliphatic heterocycles. The number of amides is 1. The summed E-state index contributed by atoms with van der Waals surface area (Å²) in [6.45, 7) is 1.00. The van der Waals surface area contributed by atoms with Gasteiger partial charge in [0, 0.05) is 31.4 Å². The number of nitrogens with two attached hydrogens (primary N) is 1. The zero-order valence-corrected chi connectivity index (χ0v) is 11.5. The van der Waals surface area contributed by atoms with Crippen molar-refractivity contribution < 1.29 is 4.79 Å². The highest BCUT2D eigenvalue weighted by Gasteiger charge is 2.05. The Morgan fingerprint density at radius 1 is 1.10 bits per heavy atom. The van der Waals surface area contributed by atoms with Gasteiger partial charge in [-0.25, -0.2) is 0 Å². The van der Waals surface area contributed by atoms with Crippen LogP contribution in [-0.4, -0.2) is 13.0 Å². The number of rotatable bonds is 5. The number of benzene rings is 2. The molecule has 2 aromatic rings. The van der Waals surface area contributed by atoms with Gasteiger partial charge in [0.05, 0.1) is 0 Å². The molecular weight excluding hydrogens is 250 g/mol. The second-order valence-electron chi connectivity index (χ2n) is 4.54. The van der Waals surface area contributed by atoms with Crippen LogP contribution in [0.1, 0.15) is 21.5 Å².